The molecule has 0 bridgehead atoms. The molecular weight excluding hydrogens is 262 g/mol. The lowest BCUT2D eigenvalue weighted by Gasteiger charge is -2.30. The summed E-state index contributed by atoms with van der Waals surface area (Å²) in [5, 5.41) is 9.28. The number of nitrogens with zero attached hydrogens (tertiary/aromatic N) is 2. The average molecular weight is 277 g/mol. The molecule has 0 aliphatic carbocycles. The summed E-state index contributed by atoms with van der Waals surface area (Å²) in [5.41, 5.74) is 9.59. The lowest BCUT2D eigenvalue weighted by molar-refractivity contribution is -0.119. The minimum absolute atomic E-state index is 0.0833. The Hall–Kier alpha value is -2.80. The van der Waals surface area contributed by atoms with Crippen LogP contribution >= 0.6 is 0 Å². The number of carbonyl (C=O) groups excluding carboxylic acids is 1. The molecule has 4 heteroatoms. The zero-order valence-corrected chi connectivity index (χ0v) is 11.5. The van der Waals surface area contributed by atoms with Crippen LogP contribution < -0.4 is 10.6 Å². The zero-order chi connectivity index (χ0) is 14.8. The van der Waals surface area contributed by atoms with Gasteiger partial charge in [-0.15, -0.1) is 0 Å². The van der Waals surface area contributed by atoms with Crippen molar-refractivity contribution in [2.75, 3.05) is 10.6 Å². The molecule has 0 saturated heterocycles. The van der Waals surface area contributed by atoms with Crippen LogP contribution in [-0.4, -0.2) is 5.91 Å². The van der Waals surface area contributed by atoms with Gasteiger partial charge in [0.2, 0.25) is 5.91 Å². The quantitative estimate of drug-likeness (QED) is 0.858. The number of amides is 1. The van der Waals surface area contributed by atoms with Crippen LogP contribution in [0, 0.1) is 11.3 Å². The van der Waals surface area contributed by atoms with Crippen LogP contribution in [-0.2, 0) is 17.8 Å². The summed E-state index contributed by atoms with van der Waals surface area (Å²) in [4.78, 5) is 14.0. The number of nitrogens with two attached hydrogens (primary N) is 1. The minimum Gasteiger partial charge on any atom is -0.398 e. The second-order valence-corrected chi connectivity index (χ2v) is 5.10. The lowest BCUT2D eigenvalue weighted by Crippen LogP contribution is -2.35. The maximum absolute atomic E-state index is 12.3. The van der Waals surface area contributed by atoms with Crippen LogP contribution in [0.1, 0.15) is 23.1 Å². The van der Waals surface area contributed by atoms with Crippen molar-refractivity contribution in [3.63, 3.8) is 0 Å². The molecule has 0 unspecified atom stereocenters. The second kappa shape index (κ2) is 5.29. The smallest absolute Gasteiger partial charge is 0.227 e. The molecule has 0 fully saturated rings. The van der Waals surface area contributed by atoms with E-state index in [-0.39, 0.29) is 5.91 Å². The van der Waals surface area contributed by atoms with Crippen molar-refractivity contribution in [3.05, 3.63) is 59.2 Å². The Bertz CT molecular complexity index is 732. The van der Waals surface area contributed by atoms with Gasteiger partial charge in [0.1, 0.15) is 6.07 Å². The number of benzene rings is 2. The topological polar surface area (TPSA) is 70.1 Å². The highest BCUT2D eigenvalue weighted by Gasteiger charge is 2.26. The summed E-state index contributed by atoms with van der Waals surface area (Å²) >= 11 is 0. The van der Waals surface area contributed by atoms with Gasteiger partial charge in [0.05, 0.1) is 12.1 Å². The van der Waals surface area contributed by atoms with Crippen molar-refractivity contribution in [3.8, 4) is 6.07 Å². The van der Waals surface area contributed by atoms with Gasteiger partial charge in [-0.25, -0.2) is 0 Å². The first-order chi connectivity index (χ1) is 10.2. The van der Waals surface area contributed by atoms with E-state index in [0.717, 1.165) is 16.8 Å². The van der Waals surface area contributed by atoms with Crippen LogP contribution in [0.5, 0.6) is 0 Å². The second-order valence-electron chi connectivity index (χ2n) is 5.10. The van der Waals surface area contributed by atoms with E-state index in [1.165, 1.54) is 0 Å². The average Bonchev–Trinajstić information content (AvgIpc) is 2.51. The molecule has 3 rings (SSSR count). The Morgan fingerprint density at radius 2 is 1.90 bits per heavy atom. The highest BCUT2D eigenvalue weighted by atomic mass is 16.2. The zero-order valence-electron chi connectivity index (χ0n) is 11.5. The van der Waals surface area contributed by atoms with E-state index >= 15 is 0 Å². The molecule has 1 aliphatic rings. The molecule has 0 saturated carbocycles. The number of nitriles is 1. The number of fused-ring (bicyclic) bond motifs is 1. The maximum atomic E-state index is 12.3. The molecule has 2 aromatic carbocycles. The molecule has 1 amide bonds. The summed E-state index contributed by atoms with van der Waals surface area (Å²) in [6.07, 6.45) is 0.991. The van der Waals surface area contributed by atoms with Crippen molar-refractivity contribution < 1.29 is 4.79 Å². The number of rotatable bonds is 2. The number of carbonyl (C=O) groups is 1. The predicted molar refractivity (Wildman–Crippen MR) is 81.5 cm³/mol. The number of hydrogen-bond donors (Lipinski definition) is 1. The molecule has 0 aromatic heterocycles. The van der Waals surface area contributed by atoms with Gasteiger partial charge in [0, 0.05) is 17.8 Å². The van der Waals surface area contributed by atoms with Crippen molar-refractivity contribution in [2.45, 2.75) is 19.4 Å². The van der Waals surface area contributed by atoms with Gasteiger partial charge in [-0.1, -0.05) is 30.3 Å². The summed E-state index contributed by atoms with van der Waals surface area (Å²) in [5.74, 6) is 0.0833. The third kappa shape index (κ3) is 2.34. The monoisotopic (exact) mass is 277 g/mol. The van der Waals surface area contributed by atoms with Gasteiger partial charge in [-0.3, -0.25) is 4.79 Å². The first-order valence-corrected chi connectivity index (χ1v) is 6.86. The molecule has 4 nitrogen and oxygen atoms in total. The lowest BCUT2D eigenvalue weighted by atomic mass is 9.94. The van der Waals surface area contributed by atoms with E-state index < -0.39 is 0 Å². The molecule has 21 heavy (non-hydrogen) atoms. The van der Waals surface area contributed by atoms with Crippen molar-refractivity contribution >= 4 is 17.3 Å². The summed E-state index contributed by atoms with van der Waals surface area (Å²) in [6.45, 7) is 0.515. The van der Waals surface area contributed by atoms with Crippen LogP contribution in [0.25, 0.3) is 0 Å². The van der Waals surface area contributed by atoms with Gasteiger partial charge in [-0.05, 0) is 29.7 Å². The Labute approximate surface area is 123 Å². The number of hydrogen-bond acceptors (Lipinski definition) is 3. The van der Waals surface area contributed by atoms with Crippen LogP contribution in [0.2, 0.25) is 0 Å². The van der Waals surface area contributed by atoms with E-state index in [4.69, 9.17) is 5.73 Å². The molecular formula is C17H15N3O. The highest BCUT2D eigenvalue weighted by molar-refractivity contribution is 5.97. The summed E-state index contributed by atoms with van der Waals surface area (Å²) in [6, 6.07) is 15.5. The Morgan fingerprint density at radius 1 is 1.14 bits per heavy atom. The van der Waals surface area contributed by atoms with Crippen molar-refractivity contribution in [1.29, 1.82) is 5.26 Å². The van der Waals surface area contributed by atoms with Crippen LogP contribution in [0.3, 0.4) is 0 Å². The third-order valence-corrected chi connectivity index (χ3v) is 3.80. The molecule has 0 atom stereocenters. The maximum Gasteiger partial charge on any atom is 0.227 e. The normalized spacial score (nSPS) is 13.7. The van der Waals surface area contributed by atoms with Gasteiger partial charge in [0.25, 0.3) is 0 Å². The fourth-order valence-corrected chi connectivity index (χ4v) is 2.73. The third-order valence-electron chi connectivity index (χ3n) is 3.80. The van der Waals surface area contributed by atoms with E-state index in [9.17, 15) is 10.1 Å². The van der Waals surface area contributed by atoms with Crippen molar-refractivity contribution in [2.24, 2.45) is 0 Å². The van der Waals surface area contributed by atoms with E-state index in [2.05, 4.69) is 6.07 Å². The predicted octanol–water partition coefficient (Wildman–Crippen LogP) is 2.62. The van der Waals surface area contributed by atoms with Crippen LogP contribution in [0.4, 0.5) is 11.4 Å². The largest absolute Gasteiger partial charge is 0.398 e. The molecule has 0 spiro atoms. The first kappa shape index (κ1) is 13.2. The number of anilines is 2. The van der Waals surface area contributed by atoms with Gasteiger partial charge >= 0.3 is 0 Å². The van der Waals surface area contributed by atoms with Gasteiger partial charge in [-0.2, -0.15) is 5.26 Å². The number of nitrogen functional groups attached to an aromatic ring is 1. The minimum atomic E-state index is 0.0833. The summed E-state index contributed by atoms with van der Waals surface area (Å²) < 4.78 is 0. The summed E-state index contributed by atoms with van der Waals surface area (Å²) in [7, 11) is 0. The molecule has 1 aliphatic heterocycles. The van der Waals surface area contributed by atoms with E-state index in [0.29, 0.717) is 30.6 Å². The molecule has 0 radical (unpaired) electrons. The molecule has 2 N–H and O–H groups in total. The van der Waals surface area contributed by atoms with Crippen LogP contribution in [0.15, 0.2) is 42.5 Å². The SMILES string of the molecule is N#Cc1c(N)ccc2c1CCC(=O)N2Cc1ccccc1. The molecule has 2 aromatic rings. The van der Waals surface area contributed by atoms with E-state index in [1.54, 1.807) is 11.0 Å². The van der Waals surface area contributed by atoms with Gasteiger partial charge < -0.3 is 10.6 Å². The fourth-order valence-electron chi connectivity index (χ4n) is 2.73. The Balaban J connectivity index is 2.04. The Kier molecular flexibility index (Phi) is 3.33. The van der Waals surface area contributed by atoms with Crippen molar-refractivity contribution in [1.82, 2.24) is 0 Å². The standard InChI is InChI=1S/C17H15N3O/c18-10-14-13-6-9-17(21)20(16(13)8-7-15(14)19)11-12-4-2-1-3-5-12/h1-5,7-8H,6,9,11,19H2. The molecule has 1 heterocycles. The fraction of sp³-hybridized carbons (Fsp3) is 0.176. The highest BCUT2D eigenvalue weighted by Crippen LogP contribution is 2.34. The Morgan fingerprint density at radius 3 is 2.62 bits per heavy atom. The first-order valence-electron chi connectivity index (χ1n) is 6.86. The molecule has 104 valence electrons. The van der Waals surface area contributed by atoms with Gasteiger partial charge in [0.15, 0.2) is 0 Å². The van der Waals surface area contributed by atoms with E-state index in [1.807, 2.05) is 36.4 Å².